The quantitative estimate of drug-likeness (QED) is 0.704. The van der Waals surface area contributed by atoms with Crippen molar-refractivity contribution in [3.05, 3.63) is 22.4 Å². The Hall–Kier alpha value is -1.40. The lowest BCUT2D eigenvalue weighted by Gasteiger charge is -2.37. The van der Waals surface area contributed by atoms with E-state index in [0.29, 0.717) is 6.54 Å². The van der Waals surface area contributed by atoms with Gasteiger partial charge in [0.15, 0.2) is 0 Å². The highest BCUT2D eigenvalue weighted by atomic mass is 32.1. The molecule has 1 heterocycles. The molecule has 1 aromatic heterocycles. The lowest BCUT2D eigenvalue weighted by atomic mass is 9.72. The highest BCUT2D eigenvalue weighted by molar-refractivity contribution is 7.10. The number of hydrogen-bond acceptors (Lipinski definition) is 4. The fourth-order valence-corrected chi connectivity index (χ4v) is 4.41. The van der Waals surface area contributed by atoms with Crippen molar-refractivity contribution in [2.45, 2.75) is 57.9 Å². The largest absolute Gasteiger partial charge is 0.385 e. The van der Waals surface area contributed by atoms with Crippen molar-refractivity contribution in [3.63, 3.8) is 0 Å². The van der Waals surface area contributed by atoms with Gasteiger partial charge in [0, 0.05) is 32.1 Å². The van der Waals surface area contributed by atoms with Crippen molar-refractivity contribution in [3.8, 4) is 0 Å². The first-order valence-electron chi connectivity index (χ1n) is 9.11. The van der Waals surface area contributed by atoms with Crippen LogP contribution in [0.3, 0.4) is 0 Å². The summed E-state index contributed by atoms with van der Waals surface area (Å²) in [6.45, 7) is 2.92. The molecule has 5 nitrogen and oxygen atoms in total. The van der Waals surface area contributed by atoms with Crippen LogP contribution in [0.1, 0.15) is 62.8 Å². The van der Waals surface area contributed by atoms with E-state index < -0.39 is 0 Å². The summed E-state index contributed by atoms with van der Waals surface area (Å²) in [7, 11) is 1.73. The number of thiophene rings is 1. The maximum Gasteiger partial charge on any atom is 0.222 e. The lowest BCUT2D eigenvalue weighted by Crippen LogP contribution is -2.41. The van der Waals surface area contributed by atoms with E-state index in [4.69, 9.17) is 4.74 Å². The Morgan fingerprint density at radius 1 is 1.32 bits per heavy atom. The molecule has 1 saturated carbocycles. The first kappa shape index (κ1) is 19.9. The van der Waals surface area contributed by atoms with Gasteiger partial charge in [0.1, 0.15) is 0 Å². The average Bonchev–Trinajstić information content (AvgIpc) is 3.13. The fourth-order valence-electron chi connectivity index (χ4n) is 3.64. The predicted octanol–water partition coefficient (Wildman–Crippen LogP) is 3.42. The van der Waals surface area contributed by atoms with Crippen molar-refractivity contribution >= 4 is 23.2 Å². The Kier molecular flexibility index (Phi) is 7.90. The van der Waals surface area contributed by atoms with E-state index >= 15 is 0 Å². The summed E-state index contributed by atoms with van der Waals surface area (Å²) in [5, 5.41) is 7.97. The molecule has 0 radical (unpaired) electrons. The van der Waals surface area contributed by atoms with E-state index in [9.17, 15) is 9.59 Å². The number of carbonyl (C=O) groups is 2. The normalized spacial score (nSPS) is 17.7. The van der Waals surface area contributed by atoms with E-state index in [1.165, 1.54) is 26.2 Å². The zero-order chi connectivity index (χ0) is 18.1. The molecule has 0 aromatic carbocycles. The van der Waals surface area contributed by atoms with Gasteiger partial charge in [0.05, 0.1) is 12.5 Å². The SMILES string of the molecule is COCCC1(CNC(=O)C[C@@H](NC(C)=O)c2cccs2)CCCCC1. The molecule has 2 rings (SSSR count). The molecule has 0 aliphatic heterocycles. The van der Waals surface area contributed by atoms with Gasteiger partial charge in [-0.3, -0.25) is 9.59 Å². The predicted molar refractivity (Wildman–Crippen MR) is 101 cm³/mol. The molecular weight excluding hydrogens is 336 g/mol. The maximum absolute atomic E-state index is 12.5. The van der Waals surface area contributed by atoms with Gasteiger partial charge in [-0.15, -0.1) is 11.3 Å². The third kappa shape index (κ3) is 6.44. The van der Waals surface area contributed by atoms with Crippen LogP contribution in [0.15, 0.2) is 17.5 Å². The van der Waals surface area contributed by atoms with Gasteiger partial charge >= 0.3 is 0 Å². The summed E-state index contributed by atoms with van der Waals surface area (Å²) in [4.78, 5) is 25.0. The number of nitrogens with one attached hydrogen (secondary N) is 2. The van der Waals surface area contributed by atoms with Gasteiger partial charge < -0.3 is 15.4 Å². The summed E-state index contributed by atoms with van der Waals surface area (Å²) in [5.74, 6) is -0.121. The van der Waals surface area contributed by atoms with Crippen LogP contribution in [-0.2, 0) is 14.3 Å². The topological polar surface area (TPSA) is 67.4 Å². The highest BCUT2D eigenvalue weighted by Gasteiger charge is 2.32. The Labute approximate surface area is 154 Å². The standard InChI is InChI=1S/C19H30N2O3S/c1-15(22)21-16(17-7-6-12-25-17)13-18(23)20-14-19(10-11-24-2)8-4-3-5-9-19/h6-7,12,16H,3-5,8-11,13-14H2,1-2H3,(H,20,23)(H,21,22)/t16-/m1/s1. The van der Waals surface area contributed by atoms with E-state index in [2.05, 4.69) is 10.6 Å². The number of ether oxygens (including phenoxy) is 1. The summed E-state index contributed by atoms with van der Waals surface area (Å²) in [6, 6.07) is 3.65. The van der Waals surface area contributed by atoms with Crippen LogP contribution in [0.4, 0.5) is 0 Å². The van der Waals surface area contributed by atoms with E-state index in [1.54, 1.807) is 18.4 Å². The van der Waals surface area contributed by atoms with Crippen molar-refractivity contribution in [1.29, 1.82) is 0 Å². The van der Waals surface area contributed by atoms with Gasteiger partial charge in [0.25, 0.3) is 0 Å². The number of methoxy groups -OCH3 is 1. The zero-order valence-electron chi connectivity index (χ0n) is 15.3. The van der Waals surface area contributed by atoms with Gasteiger partial charge in [-0.2, -0.15) is 0 Å². The molecule has 6 heteroatoms. The molecule has 2 N–H and O–H groups in total. The van der Waals surface area contributed by atoms with Crippen molar-refractivity contribution < 1.29 is 14.3 Å². The first-order valence-corrected chi connectivity index (χ1v) is 9.99. The maximum atomic E-state index is 12.5. The Morgan fingerprint density at radius 2 is 2.08 bits per heavy atom. The molecule has 1 fully saturated rings. The average molecular weight is 367 g/mol. The van der Waals surface area contributed by atoms with Gasteiger partial charge in [-0.05, 0) is 36.1 Å². The first-order chi connectivity index (χ1) is 12.0. The number of rotatable bonds is 9. The fraction of sp³-hybridized carbons (Fsp3) is 0.684. The van der Waals surface area contributed by atoms with Crippen molar-refractivity contribution in [1.82, 2.24) is 10.6 Å². The van der Waals surface area contributed by atoms with Gasteiger partial charge in [-0.25, -0.2) is 0 Å². The molecule has 0 spiro atoms. The lowest BCUT2D eigenvalue weighted by molar-refractivity contribution is -0.123. The van der Waals surface area contributed by atoms with E-state index in [1.807, 2.05) is 17.5 Å². The summed E-state index contributed by atoms with van der Waals surface area (Å²) >= 11 is 1.56. The minimum atomic E-state index is -0.251. The Bertz CT molecular complexity index is 539. The summed E-state index contributed by atoms with van der Waals surface area (Å²) < 4.78 is 5.27. The molecule has 25 heavy (non-hydrogen) atoms. The van der Waals surface area contributed by atoms with Gasteiger partial charge in [-0.1, -0.05) is 25.3 Å². The summed E-state index contributed by atoms with van der Waals surface area (Å²) in [5.41, 5.74) is 0.163. The second kappa shape index (κ2) is 9.92. The molecule has 1 aliphatic rings. The van der Waals surface area contributed by atoms with Crippen LogP contribution >= 0.6 is 11.3 Å². The summed E-state index contributed by atoms with van der Waals surface area (Å²) in [6.07, 6.45) is 7.30. The third-order valence-electron chi connectivity index (χ3n) is 5.06. The van der Waals surface area contributed by atoms with Crippen molar-refractivity contribution in [2.75, 3.05) is 20.3 Å². The van der Waals surface area contributed by atoms with E-state index in [0.717, 1.165) is 30.7 Å². The molecule has 0 bridgehead atoms. The van der Waals surface area contributed by atoms with E-state index in [-0.39, 0.29) is 29.7 Å². The smallest absolute Gasteiger partial charge is 0.222 e. The van der Waals surface area contributed by atoms with Crippen LogP contribution in [0.2, 0.25) is 0 Å². The molecule has 0 saturated heterocycles. The molecule has 1 aromatic rings. The third-order valence-corrected chi connectivity index (χ3v) is 6.05. The molecule has 1 aliphatic carbocycles. The van der Waals surface area contributed by atoms with Crippen LogP contribution in [0.25, 0.3) is 0 Å². The number of amides is 2. The number of hydrogen-bond donors (Lipinski definition) is 2. The second-order valence-electron chi connectivity index (χ2n) is 7.05. The van der Waals surface area contributed by atoms with Crippen LogP contribution < -0.4 is 10.6 Å². The van der Waals surface area contributed by atoms with Crippen molar-refractivity contribution in [2.24, 2.45) is 5.41 Å². The van der Waals surface area contributed by atoms with Gasteiger partial charge in [0.2, 0.25) is 11.8 Å². The molecule has 2 amide bonds. The van der Waals surface area contributed by atoms with Crippen LogP contribution in [0, 0.1) is 5.41 Å². The zero-order valence-corrected chi connectivity index (χ0v) is 16.1. The minimum absolute atomic E-state index is 0.00508. The second-order valence-corrected chi connectivity index (χ2v) is 8.03. The highest BCUT2D eigenvalue weighted by Crippen LogP contribution is 2.38. The number of carbonyl (C=O) groups excluding carboxylic acids is 2. The Morgan fingerprint density at radius 3 is 2.68 bits per heavy atom. The van der Waals surface area contributed by atoms with Crippen LogP contribution in [-0.4, -0.2) is 32.1 Å². The molecule has 140 valence electrons. The monoisotopic (exact) mass is 366 g/mol. The Balaban J connectivity index is 1.91. The molecular formula is C19H30N2O3S. The minimum Gasteiger partial charge on any atom is -0.385 e. The molecule has 1 atom stereocenters. The van der Waals surface area contributed by atoms with Crippen LogP contribution in [0.5, 0.6) is 0 Å². The molecule has 0 unspecified atom stereocenters.